The van der Waals surface area contributed by atoms with E-state index >= 15 is 0 Å². The van der Waals surface area contributed by atoms with Gasteiger partial charge in [0.05, 0.1) is 0 Å². The first-order valence-electron chi connectivity index (χ1n) is 7.34. The molecule has 0 amide bonds. The normalized spacial score (nSPS) is 29.8. The van der Waals surface area contributed by atoms with Gasteiger partial charge in [-0.3, -0.25) is 4.90 Å². The van der Waals surface area contributed by atoms with Gasteiger partial charge in [-0.2, -0.15) is 0 Å². The second kappa shape index (κ2) is 8.90. The lowest BCUT2D eigenvalue weighted by atomic mass is 10.0. The monoisotopic (exact) mass is 242 g/mol. The summed E-state index contributed by atoms with van der Waals surface area (Å²) < 4.78 is 5.16. The molecule has 2 aliphatic rings. The number of ether oxygens (including phenoxy) is 1. The minimum atomic E-state index is 0.869. The number of rotatable bonds is 4. The Labute approximate surface area is 107 Å². The summed E-state index contributed by atoms with van der Waals surface area (Å²) in [4.78, 5) is 2.68. The van der Waals surface area contributed by atoms with E-state index in [1.54, 1.807) is 0 Å². The zero-order valence-corrected chi connectivity index (χ0v) is 11.9. The highest BCUT2D eigenvalue weighted by Gasteiger charge is 2.29. The summed E-state index contributed by atoms with van der Waals surface area (Å²) in [6, 6.07) is 0.869. The molecule has 17 heavy (non-hydrogen) atoms. The molecule has 2 fully saturated rings. The molecule has 1 aliphatic heterocycles. The third kappa shape index (κ3) is 4.94. The summed E-state index contributed by atoms with van der Waals surface area (Å²) in [6.45, 7) is 9.81. The molecule has 0 aromatic heterocycles. The third-order valence-electron chi connectivity index (χ3n) is 3.91. The van der Waals surface area contributed by atoms with Crippen LogP contribution in [0.15, 0.2) is 0 Å². The van der Waals surface area contributed by atoms with Gasteiger partial charge in [-0.05, 0) is 31.6 Å². The van der Waals surface area contributed by atoms with Gasteiger partial charge in [0.1, 0.15) is 0 Å². The highest BCUT2D eigenvalue weighted by Crippen LogP contribution is 2.31. The van der Waals surface area contributed by atoms with Crippen LogP contribution in [-0.2, 0) is 4.74 Å². The van der Waals surface area contributed by atoms with Gasteiger partial charge in [-0.15, -0.1) is 0 Å². The fourth-order valence-corrected chi connectivity index (χ4v) is 2.97. The molecular formula is C14H30N2O. The van der Waals surface area contributed by atoms with Gasteiger partial charge < -0.3 is 10.1 Å². The van der Waals surface area contributed by atoms with Crippen molar-refractivity contribution in [1.29, 1.82) is 0 Å². The fourth-order valence-electron chi connectivity index (χ4n) is 2.97. The van der Waals surface area contributed by atoms with Gasteiger partial charge in [0, 0.05) is 45.9 Å². The van der Waals surface area contributed by atoms with Gasteiger partial charge in [-0.1, -0.05) is 13.8 Å². The van der Waals surface area contributed by atoms with Crippen LogP contribution in [0.1, 0.15) is 39.5 Å². The maximum atomic E-state index is 5.16. The van der Waals surface area contributed by atoms with Crippen LogP contribution in [0.25, 0.3) is 0 Å². The Kier molecular flexibility index (Phi) is 7.82. The molecular weight excluding hydrogens is 212 g/mol. The molecule has 1 aliphatic carbocycles. The van der Waals surface area contributed by atoms with E-state index in [4.69, 9.17) is 4.74 Å². The van der Waals surface area contributed by atoms with Crippen molar-refractivity contribution in [2.45, 2.75) is 45.6 Å². The van der Waals surface area contributed by atoms with E-state index in [1.807, 2.05) is 21.0 Å². The predicted molar refractivity (Wildman–Crippen MR) is 73.4 cm³/mol. The smallest absolute Gasteiger partial charge is 0.0464 e. The molecule has 2 atom stereocenters. The summed E-state index contributed by atoms with van der Waals surface area (Å²) in [6.07, 6.45) is 5.49. The molecule has 3 heteroatoms. The number of methoxy groups -OCH3 is 1. The van der Waals surface area contributed by atoms with Crippen molar-refractivity contribution in [2.24, 2.45) is 5.92 Å². The van der Waals surface area contributed by atoms with Crippen molar-refractivity contribution in [1.82, 2.24) is 10.2 Å². The summed E-state index contributed by atoms with van der Waals surface area (Å²) in [5.41, 5.74) is 0. The Hall–Kier alpha value is -0.120. The zero-order valence-electron chi connectivity index (χ0n) is 11.9. The molecule has 1 saturated heterocycles. The first kappa shape index (κ1) is 14.9. The molecule has 1 heterocycles. The van der Waals surface area contributed by atoms with Gasteiger partial charge in [-0.25, -0.2) is 0 Å². The van der Waals surface area contributed by atoms with E-state index in [9.17, 15) is 0 Å². The van der Waals surface area contributed by atoms with Crippen LogP contribution in [-0.4, -0.2) is 50.8 Å². The van der Waals surface area contributed by atoms with Crippen LogP contribution >= 0.6 is 0 Å². The Morgan fingerprint density at radius 2 is 1.88 bits per heavy atom. The second-order valence-electron chi connectivity index (χ2n) is 4.90. The van der Waals surface area contributed by atoms with Crippen LogP contribution < -0.4 is 5.32 Å². The van der Waals surface area contributed by atoms with E-state index in [-0.39, 0.29) is 0 Å². The number of hydrogen-bond acceptors (Lipinski definition) is 3. The highest BCUT2D eigenvalue weighted by molar-refractivity contribution is 4.84. The molecule has 0 radical (unpaired) electrons. The van der Waals surface area contributed by atoms with Crippen molar-refractivity contribution < 1.29 is 4.74 Å². The van der Waals surface area contributed by atoms with Crippen LogP contribution in [0.5, 0.6) is 0 Å². The van der Waals surface area contributed by atoms with Crippen molar-refractivity contribution in [2.75, 3.05) is 39.9 Å². The number of hydrogen-bond donors (Lipinski definition) is 1. The van der Waals surface area contributed by atoms with Crippen LogP contribution in [0, 0.1) is 5.92 Å². The molecule has 1 saturated carbocycles. The average Bonchev–Trinajstić information content (AvgIpc) is 2.88. The largest absolute Gasteiger partial charge is 0.385 e. The molecule has 3 nitrogen and oxygen atoms in total. The van der Waals surface area contributed by atoms with Crippen molar-refractivity contribution >= 4 is 0 Å². The fraction of sp³-hybridized carbons (Fsp3) is 1.00. The maximum absolute atomic E-state index is 5.16. The lowest BCUT2D eigenvalue weighted by Gasteiger charge is -2.32. The molecule has 1 N–H and O–H groups in total. The number of piperazine rings is 1. The predicted octanol–water partition coefficient (Wildman–Crippen LogP) is 2.12. The minimum absolute atomic E-state index is 0.869. The van der Waals surface area contributed by atoms with E-state index in [2.05, 4.69) is 10.2 Å². The molecule has 2 rings (SSSR count). The Morgan fingerprint density at radius 3 is 2.53 bits per heavy atom. The Bertz CT molecular complexity index is 181. The molecule has 2 unspecified atom stereocenters. The van der Waals surface area contributed by atoms with Crippen LogP contribution in [0.4, 0.5) is 0 Å². The number of nitrogens with zero attached hydrogens (tertiary/aromatic N) is 1. The summed E-state index contributed by atoms with van der Waals surface area (Å²) in [7, 11) is 1.81. The minimum Gasteiger partial charge on any atom is -0.385 e. The Morgan fingerprint density at radius 1 is 1.18 bits per heavy atom. The van der Waals surface area contributed by atoms with E-state index < -0.39 is 0 Å². The highest BCUT2D eigenvalue weighted by atomic mass is 16.5. The van der Waals surface area contributed by atoms with Gasteiger partial charge in [0.2, 0.25) is 0 Å². The van der Waals surface area contributed by atoms with Gasteiger partial charge in [0.15, 0.2) is 0 Å². The van der Waals surface area contributed by atoms with Crippen LogP contribution in [0.3, 0.4) is 0 Å². The molecule has 0 aromatic carbocycles. The molecule has 0 spiro atoms. The first-order valence-corrected chi connectivity index (χ1v) is 7.34. The van der Waals surface area contributed by atoms with E-state index in [0.29, 0.717) is 0 Å². The van der Waals surface area contributed by atoms with Gasteiger partial charge in [0.25, 0.3) is 0 Å². The quantitative estimate of drug-likeness (QED) is 0.817. The average molecular weight is 242 g/mol. The standard InChI is InChI=1S/C12H24N2O.C2H6/c1-15-9-4-11-2-3-12(10-11)14-7-5-13-6-8-14;1-2/h11-13H,2-10H2,1H3;1-2H3. The first-order chi connectivity index (χ1) is 8.40. The zero-order chi connectivity index (χ0) is 12.5. The van der Waals surface area contributed by atoms with Crippen molar-refractivity contribution in [3.8, 4) is 0 Å². The number of nitrogens with one attached hydrogen (secondary N) is 1. The van der Waals surface area contributed by atoms with E-state index in [1.165, 1.54) is 51.9 Å². The maximum Gasteiger partial charge on any atom is 0.0464 e. The summed E-state index contributed by atoms with van der Waals surface area (Å²) in [5, 5.41) is 3.42. The summed E-state index contributed by atoms with van der Waals surface area (Å²) in [5.74, 6) is 0.921. The van der Waals surface area contributed by atoms with Crippen LogP contribution in [0.2, 0.25) is 0 Å². The second-order valence-corrected chi connectivity index (χ2v) is 4.90. The molecule has 0 bridgehead atoms. The van der Waals surface area contributed by atoms with Crippen molar-refractivity contribution in [3.05, 3.63) is 0 Å². The third-order valence-corrected chi connectivity index (χ3v) is 3.91. The Balaban J connectivity index is 0.000000686. The lowest BCUT2D eigenvalue weighted by Crippen LogP contribution is -2.47. The van der Waals surface area contributed by atoms with Gasteiger partial charge >= 0.3 is 0 Å². The molecule has 102 valence electrons. The molecule has 0 aromatic rings. The SMILES string of the molecule is CC.COCCC1CCC(N2CCNCC2)C1. The topological polar surface area (TPSA) is 24.5 Å². The summed E-state index contributed by atoms with van der Waals surface area (Å²) >= 11 is 0. The van der Waals surface area contributed by atoms with E-state index in [0.717, 1.165) is 18.6 Å². The van der Waals surface area contributed by atoms with Crippen molar-refractivity contribution in [3.63, 3.8) is 0 Å². The lowest BCUT2D eigenvalue weighted by molar-refractivity contribution is 0.159.